The molecule has 2 aromatic carbocycles. The first-order valence-electron chi connectivity index (χ1n) is 7.75. The molecule has 0 aliphatic heterocycles. The van der Waals surface area contributed by atoms with Crippen LogP contribution >= 0.6 is 0 Å². The molecule has 2 N–H and O–H groups in total. The van der Waals surface area contributed by atoms with Gasteiger partial charge in [-0.15, -0.1) is 0 Å². The van der Waals surface area contributed by atoms with Crippen LogP contribution in [0.25, 0.3) is 11.4 Å². The Balaban J connectivity index is 1.48. The molecule has 0 saturated heterocycles. The lowest BCUT2D eigenvalue weighted by Gasteiger charge is -2.06. The summed E-state index contributed by atoms with van der Waals surface area (Å²) >= 11 is 0. The Labute approximate surface area is 135 Å². The fourth-order valence-electron chi connectivity index (χ4n) is 2.44. The summed E-state index contributed by atoms with van der Waals surface area (Å²) in [6, 6.07) is 17.7. The van der Waals surface area contributed by atoms with E-state index in [-0.39, 0.29) is 5.91 Å². The molecule has 0 bridgehead atoms. The third-order valence-electron chi connectivity index (χ3n) is 3.69. The molecule has 116 valence electrons. The molecule has 0 spiro atoms. The summed E-state index contributed by atoms with van der Waals surface area (Å²) in [6.45, 7) is 0.674. The monoisotopic (exact) mass is 305 g/mol. The molecular weight excluding hydrogens is 286 g/mol. The average Bonchev–Trinajstić information content (AvgIpc) is 3.14. The average molecular weight is 305 g/mol. The molecule has 23 heavy (non-hydrogen) atoms. The van der Waals surface area contributed by atoms with Crippen LogP contribution in [0.5, 0.6) is 0 Å². The minimum atomic E-state index is -0.0379. The van der Waals surface area contributed by atoms with Gasteiger partial charge in [-0.2, -0.15) is 0 Å². The van der Waals surface area contributed by atoms with Crippen molar-refractivity contribution in [3.05, 3.63) is 78.1 Å². The van der Waals surface area contributed by atoms with E-state index >= 15 is 0 Å². The lowest BCUT2D eigenvalue weighted by atomic mass is 10.1. The van der Waals surface area contributed by atoms with Gasteiger partial charge in [0, 0.05) is 30.1 Å². The number of H-pyrrole nitrogens is 1. The maximum atomic E-state index is 12.1. The van der Waals surface area contributed by atoms with Crippen molar-refractivity contribution in [2.75, 3.05) is 6.54 Å². The zero-order chi connectivity index (χ0) is 15.9. The first-order chi connectivity index (χ1) is 11.3. The molecule has 0 aliphatic rings. The van der Waals surface area contributed by atoms with E-state index in [1.807, 2.05) is 42.5 Å². The molecule has 1 amide bonds. The lowest BCUT2D eigenvalue weighted by molar-refractivity contribution is 0.0953. The van der Waals surface area contributed by atoms with Crippen LogP contribution in [-0.2, 0) is 6.42 Å². The number of rotatable bonds is 6. The van der Waals surface area contributed by atoms with Gasteiger partial charge in [0.25, 0.3) is 5.91 Å². The summed E-state index contributed by atoms with van der Waals surface area (Å²) in [5.41, 5.74) is 2.93. The van der Waals surface area contributed by atoms with E-state index in [4.69, 9.17) is 0 Å². The van der Waals surface area contributed by atoms with Crippen molar-refractivity contribution in [3.8, 4) is 11.4 Å². The minimum Gasteiger partial charge on any atom is -0.352 e. The number of hydrogen-bond acceptors (Lipinski definition) is 2. The van der Waals surface area contributed by atoms with Crippen LogP contribution in [0.1, 0.15) is 22.3 Å². The predicted molar refractivity (Wildman–Crippen MR) is 91.1 cm³/mol. The molecule has 1 aromatic heterocycles. The number of carbonyl (C=O) groups is 1. The largest absolute Gasteiger partial charge is 0.352 e. The van der Waals surface area contributed by atoms with E-state index in [2.05, 4.69) is 27.4 Å². The number of aryl methyl sites for hydroxylation is 1. The molecule has 3 aromatic rings. The molecule has 0 aliphatic carbocycles. The zero-order valence-electron chi connectivity index (χ0n) is 12.8. The second-order valence-electron chi connectivity index (χ2n) is 5.36. The van der Waals surface area contributed by atoms with Gasteiger partial charge in [0.15, 0.2) is 0 Å². The standard InChI is InChI=1S/C19H19N3O/c23-19(22-12-4-7-15-5-2-1-3-6-15)17-10-8-16(9-11-17)18-20-13-14-21-18/h1-3,5-6,8-11,13-14H,4,7,12H2,(H,20,21)(H,22,23). The third-order valence-corrected chi connectivity index (χ3v) is 3.69. The molecule has 1 heterocycles. The van der Waals surface area contributed by atoms with Crippen molar-refractivity contribution in [3.63, 3.8) is 0 Å². The van der Waals surface area contributed by atoms with E-state index in [9.17, 15) is 4.79 Å². The molecule has 0 fully saturated rings. The van der Waals surface area contributed by atoms with Crippen molar-refractivity contribution in [2.45, 2.75) is 12.8 Å². The fourth-order valence-corrected chi connectivity index (χ4v) is 2.44. The smallest absolute Gasteiger partial charge is 0.251 e. The van der Waals surface area contributed by atoms with Crippen LogP contribution < -0.4 is 5.32 Å². The van der Waals surface area contributed by atoms with Gasteiger partial charge < -0.3 is 10.3 Å². The second-order valence-corrected chi connectivity index (χ2v) is 5.36. The SMILES string of the molecule is O=C(NCCCc1ccccc1)c1ccc(-c2ncc[nH]2)cc1. The summed E-state index contributed by atoms with van der Waals surface area (Å²) in [7, 11) is 0. The maximum Gasteiger partial charge on any atom is 0.251 e. The van der Waals surface area contributed by atoms with Gasteiger partial charge in [-0.3, -0.25) is 4.79 Å². The number of carbonyl (C=O) groups excluding carboxylic acids is 1. The molecular formula is C19H19N3O. The summed E-state index contributed by atoms with van der Waals surface area (Å²) < 4.78 is 0. The van der Waals surface area contributed by atoms with Gasteiger partial charge in [0.1, 0.15) is 5.82 Å². The highest BCUT2D eigenvalue weighted by atomic mass is 16.1. The topological polar surface area (TPSA) is 57.8 Å². The Bertz CT molecular complexity index is 734. The van der Waals surface area contributed by atoms with Gasteiger partial charge in [-0.1, -0.05) is 42.5 Å². The fraction of sp³-hybridized carbons (Fsp3) is 0.158. The molecule has 0 radical (unpaired) electrons. The van der Waals surface area contributed by atoms with Crippen molar-refractivity contribution in [2.24, 2.45) is 0 Å². The maximum absolute atomic E-state index is 12.1. The Kier molecular flexibility index (Phi) is 4.84. The Morgan fingerprint density at radius 3 is 2.52 bits per heavy atom. The predicted octanol–water partition coefficient (Wildman–Crippen LogP) is 3.44. The highest BCUT2D eigenvalue weighted by molar-refractivity contribution is 5.94. The van der Waals surface area contributed by atoms with Crippen LogP contribution in [0.4, 0.5) is 0 Å². The van der Waals surface area contributed by atoms with Crippen LogP contribution in [-0.4, -0.2) is 22.4 Å². The number of imidazole rings is 1. The van der Waals surface area contributed by atoms with Gasteiger partial charge >= 0.3 is 0 Å². The Hall–Kier alpha value is -2.88. The van der Waals surface area contributed by atoms with E-state index in [0.29, 0.717) is 12.1 Å². The molecule has 4 heteroatoms. The molecule has 0 atom stereocenters. The Morgan fingerprint density at radius 2 is 1.83 bits per heavy atom. The first-order valence-corrected chi connectivity index (χ1v) is 7.75. The number of nitrogens with zero attached hydrogens (tertiary/aromatic N) is 1. The quantitative estimate of drug-likeness (QED) is 0.685. The summed E-state index contributed by atoms with van der Waals surface area (Å²) in [4.78, 5) is 19.4. The number of amides is 1. The van der Waals surface area contributed by atoms with Gasteiger partial charge in [0.2, 0.25) is 0 Å². The number of aromatic amines is 1. The number of nitrogens with one attached hydrogen (secondary N) is 2. The normalized spacial score (nSPS) is 10.4. The molecule has 4 nitrogen and oxygen atoms in total. The van der Waals surface area contributed by atoms with Crippen LogP contribution in [0.3, 0.4) is 0 Å². The van der Waals surface area contributed by atoms with Crippen molar-refractivity contribution >= 4 is 5.91 Å². The summed E-state index contributed by atoms with van der Waals surface area (Å²) in [6.07, 6.45) is 5.39. The summed E-state index contributed by atoms with van der Waals surface area (Å²) in [5.74, 6) is 0.767. The molecule has 0 unspecified atom stereocenters. The molecule has 3 rings (SSSR count). The second kappa shape index (κ2) is 7.40. The van der Waals surface area contributed by atoms with Crippen LogP contribution in [0.2, 0.25) is 0 Å². The number of benzene rings is 2. The number of hydrogen-bond donors (Lipinski definition) is 2. The van der Waals surface area contributed by atoms with Crippen molar-refractivity contribution in [1.29, 1.82) is 0 Å². The van der Waals surface area contributed by atoms with Crippen LogP contribution in [0, 0.1) is 0 Å². The van der Waals surface area contributed by atoms with Crippen LogP contribution in [0.15, 0.2) is 67.0 Å². The highest BCUT2D eigenvalue weighted by Crippen LogP contribution is 2.15. The van der Waals surface area contributed by atoms with E-state index < -0.39 is 0 Å². The Morgan fingerprint density at radius 1 is 1.04 bits per heavy atom. The van der Waals surface area contributed by atoms with Gasteiger partial charge in [-0.05, 0) is 30.5 Å². The van der Waals surface area contributed by atoms with E-state index in [0.717, 1.165) is 24.2 Å². The number of aromatic nitrogens is 2. The zero-order valence-corrected chi connectivity index (χ0v) is 12.8. The van der Waals surface area contributed by atoms with Crippen molar-refractivity contribution in [1.82, 2.24) is 15.3 Å². The molecule has 0 saturated carbocycles. The van der Waals surface area contributed by atoms with Gasteiger partial charge in [-0.25, -0.2) is 4.98 Å². The summed E-state index contributed by atoms with van der Waals surface area (Å²) in [5, 5.41) is 2.96. The highest BCUT2D eigenvalue weighted by Gasteiger charge is 2.06. The van der Waals surface area contributed by atoms with Crippen molar-refractivity contribution < 1.29 is 4.79 Å². The first kappa shape index (κ1) is 15.0. The van der Waals surface area contributed by atoms with Gasteiger partial charge in [0.05, 0.1) is 0 Å². The lowest BCUT2D eigenvalue weighted by Crippen LogP contribution is -2.24. The van der Waals surface area contributed by atoms with E-state index in [1.165, 1.54) is 5.56 Å². The van der Waals surface area contributed by atoms with E-state index in [1.54, 1.807) is 12.4 Å². The minimum absolute atomic E-state index is 0.0379. The third kappa shape index (κ3) is 4.07.